The van der Waals surface area contributed by atoms with E-state index < -0.39 is 0 Å². The van der Waals surface area contributed by atoms with Crippen LogP contribution in [-0.2, 0) is 4.79 Å². The molecule has 0 aliphatic carbocycles. The third kappa shape index (κ3) is 3.27. The van der Waals surface area contributed by atoms with Gasteiger partial charge in [0, 0.05) is 22.6 Å². The van der Waals surface area contributed by atoms with Crippen molar-refractivity contribution in [3.8, 4) is 0 Å². The number of anilines is 2. The Hall–Kier alpha value is -3.15. The zero-order chi connectivity index (χ0) is 17.1. The molecule has 2 amide bonds. The molecule has 0 fully saturated rings. The van der Waals surface area contributed by atoms with Gasteiger partial charge in [0.15, 0.2) is 5.82 Å². The van der Waals surface area contributed by atoms with Gasteiger partial charge >= 0.3 is 0 Å². The number of carbonyl (C=O) groups excluding carboxylic acids is 2. The highest BCUT2D eigenvalue weighted by molar-refractivity contribution is 6.06. The van der Waals surface area contributed by atoms with E-state index in [9.17, 15) is 9.59 Å². The molecule has 0 saturated heterocycles. The molecule has 0 unspecified atom stereocenters. The molecule has 1 heterocycles. The number of carbonyl (C=O) groups is 2. The van der Waals surface area contributed by atoms with E-state index in [4.69, 9.17) is 0 Å². The lowest BCUT2D eigenvalue weighted by Gasteiger charge is -2.07. The van der Waals surface area contributed by atoms with E-state index in [-0.39, 0.29) is 17.7 Å². The van der Waals surface area contributed by atoms with E-state index in [1.807, 2.05) is 38.1 Å². The summed E-state index contributed by atoms with van der Waals surface area (Å²) in [6.07, 6.45) is 0. The lowest BCUT2D eigenvalue weighted by molar-refractivity contribution is -0.118. The zero-order valence-electron chi connectivity index (χ0n) is 13.5. The molecule has 0 bridgehead atoms. The number of benzene rings is 2. The molecule has 0 radical (unpaired) electrons. The van der Waals surface area contributed by atoms with Crippen LogP contribution in [0.4, 0.5) is 11.5 Å². The summed E-state index contributed by atoms with van der Waals surface area (Å²) in [4.78, 5) is 24.1. The number of H-pyrrole nitrogens is 1. The standard InChI is InChI=1S/C18H18N4O2/c1-11(2)17(23)20-16-14-10-13(8-9-15(14)21-22-16)19-18(24)12-6-4-3-5-7-12/h3-11H,1-2H3,(H,19,24)(H2,20,21,22,23). The largest absolute Gasteiger partial charge is 0.322 e. The van der Waals surface area contributed by atoms with E-state index in [0.717, 1.165) is 10.9 Å². The van der Waals surface area contributed by atoms with Gasteiger partial charge in [-0.2, -0.15) is 5.10 Å². The number of nitrogens with zero attached hydrogens (tertiary/aromatic N) is 1. The summed E-state index contributed by atoms with van der Waals surface area (Å²) in [5, 5.41) is 13.4. The van der Waals surface area contributed by atoms with Crippen molar-refractivity contribution in [2.24, 2.45) is 5.92 Å². The predicted octanol–water partition coefficient (Wildman–Crippen LogP) is 3.41. The minimum Gasteiger partial charge on any atom is -0.322 e. The number of rotatable bonds is 4. The highest BCUT2D eigenvalue weighted by Gasteiger charge is 2.13. The highest BCUT2D eigenvalue weighted by Crippen LogP contribution is 2.24. The first-order chi connectivity index (χ1) is 11.5. The first kappa shape index (κ1) is 15.7. The number of amides is 2. The third-order valence-electron chi connectivity index (χ3n) is 3.62. The lowest BCUT2D eigenvalue weighted by atomic mass is 10.1. The molecule has 24 heavy (non-hydrogen) atoms. The summed E-state index contributed by atoms with van der Waals surface area (Å²) < 4.78 is 0. The van der Waals surface area contributed by atoms with Gasteiger partial charge in [-0.3, -0.25) is 14.7 Å². The van der Waals surface area contributed by atoms with Crippen molar-refractivity contribution in [1.82, 2.24) is 10.2 Å². The van der Waals surface area contributed by atoms with Crippen molar-refractivity contribution in [3.05, 3.63) is 54.1 Å². The van der Waals surface area contributed by atoms with Crippen molar-refractivity contribution in [1.29, 1.82) is 0 Å². The van der Waals surface area contributed by atoms with Gasteiger partial charge in [-0.05, 0) is 30.3 Å². The summed E-state index contributed by atoms with van der Waals surface area (Å²) in [7, 11) is 0. The smallest absolute Gasteiger partial charge is 0.255 e. The molecule has 0 aliphatic heterocycles. The molecule has 6 nitrogen and oxygen atoms in total. The summed E-state index contributed by atoms with van der Waals surface area (Å²) in [6, 6.07) is 14.4. The Morgan fingerprint density at radius 1 is 1.04 bits per heavy atom. The molecule has 6 heteroatoms. The molecule has 122 valence electrons. The van der Waals surface area contributed by atoms with Gasteiger partial charge < -0.3 is 10.6 Å². The Morgan fingerprint density at radius 2 is 1.79 bits per heavy atom. The number of hydrogen-bond acceptors (Lipinski definition) is 3. The molecule has 1 aromatic heterocycles. The molecular weight excluding hydrogens is 304 g/mol. The summed E-state index contributed by atoms with van der Waals surface area (Å²) >= 11 is 0. The second-order valence-corrected chi connectivity index (χ2v) is 5.80. The van der Waals surface area contributed by atoms with Crippen molar-refractivity contribution < 1.29 is 9.59 Å². The van der Waals surface area contributed by atoms with Crippen LogP contribution in [0, 0.1) is 5.92 Å². The number of fused-ring (bicyclic) bond motifs is 1. The van der Waals surface area contributed by atoms with Gasteiger partial charge in [-0.1, -0.05) is 32.0 Å². The maximum atomic E-state index is 12.2. The first-order valence-corrected chi connectivity index (χ1v) is 7.70. The minimum absolute atomic E-state index is 0.109. The van der Waals surface area contributed by atoms with Crippen LogP contribution in [0.3, 0.4) is 0 Å². The van der Waals surface area contributed by atoms with Crippen LogP contribution in [-0.4, -0.2) is 22.0 Å². The molecule has 0 saturated carbocycles. The SMILES string of the molecule is CC(C)C(=O)Nc1n[nH]c2ccc(NC(=O)c3ccccc3)cc12. The van der Waals surface area contributed by atoms with Gasteiger partial charge in [0.2, 0.25) is 5.91 Å². The van der Waals surface area contributed by atoms with Crippen molar-refractivity contribution >= 4 is 34.2 Å². The third-order valence-corrected chi connectivity index (χ3v) is 3.62. The predicted molar refractivity (Wildman–Crippen MR) is 94.0 cm³/mol. The fourth-order valence-corrected chi connectivity index (χ4v) is 2.24. The summed E-state index contributed by atoms with van der Waals surface area (Å²) in [5.74, 6) is 0.0190. The Bertz CT molecular complexity index is 884. The monoisotopic (exact) mass is 322 g/mol. The van der Waals surface area contributed by atoms with E-state index in [2.05, 4.69) is 20.8 Å². The van der Waals surface area contributed by atoms with Crippen LogP contribution in [0.15, 0.2) is 48.5 Å². The normalized spacial score (nSPS) is 10.8. The van der Waals surface area contributed by atoms with Crippen LogP contribution >= 0.6 is 0 Å². The fraction of sp³-hybridized carbons (Fsp3) is 0.167. The molecule has 3 aromatic rings. The first-order valence-electron chi connectivity index (χ1n) is 7.70. The van der Waals surface area contributed by atoms with E-state index in [0.29, 0.717) is 17.1 Å². The van der Waals surface area contributed by atoms with Crippen LogP contribution in [0.1, 0.15) is 24.2 Å². The van der Waals surface area contributed by atoms with Crippen molar-refractivity contribution in [2.45, 2.75) is 13.8 Å². The molecule has 0 spiro atoms. The molecule has 0 atom stereocenters. The maximum absolute atomic E-state index is 12.2. The molecular formula is C18H18N4O2. The Labute approximate surface area is 139 Å². The highest BCUT2D eigenvalue weighted by atomic mass is 16.2. The van der Waals surface area contributed by atoms with Crippen LogP contribution in [0.5, 0.6) is 0 Å². The number of hydrogen-bond donors (Lipinski definition) is 3. The molecule has 3 N–H and O–H groups in total. The maximum Gasteiger partial charge on any atom is 0.255 e. The van der Waals surface area contributed by atoms with Crippen molar-refractivity contribution in [2.75, 3.05) is 10.6 Å². The van der Waals surface area contributed by atoms with Crippen LogP contribution in [0.25, 0.3) is 10.9 Å². The topological polar surface area (TPSA) is 86.9 Å². The number of nitrogens with one attached hydrogen (secondary N) is 3. The minimum atomic E-state index is -0.189. The van der Waals surface area contributed by atoms with E-state index in [1.54, 1.807) is 24.3 Å². The van der Waals surface area contributed by atoms with Crippen LogP contribution in [0.2, 0.25) is 0 Å². The Balaban J connectivity index is 1.85. The van der Waals surface area contributed by atoms with Gasteiger partial charge in [-0.25, -0.2) is 0 Å². The van der Waals surface area contributed by atoms with E-state index >= 15 is 0 Å². The number of aromatic amines is 1. The summed E-state index contributed by atoms with van der Waals surface area (Å²) in [5.41, 5.74) is 2.00. The zero-order valence-corrected chi connectivity index (χ0v) is 13.5. The lowest BCUT2D eigenvalue weighted by Crippen LogP contribution is -2.18. The molecule has 3 rings (SSSR count). The number of aromatic nitrogens is 2. The van der Waals surface area contributed by atoms with Crippen LogP contribution < -0.4 is 10.6 Å². The van der Waals surface area contributed by atoms with E-state index in [1.165, 1.54) is 0 Å². The summed E-state index contributed by atoms with van der Waals surface area (Å²) in [6.45, 7) is 3.63. The fourth-order valence-electron chi connectivity index (χ4n) is 2.24. The Kier molecular flexibility index (Phi) is 4.29. The molecule has 2 aromatic carbocycles. The Morgan fingerprint density at radius 3 is 2.50 bits per heavy atom. The second-order valence-electron chi connectivity index (χ2n) is 5.80. The molecule has 0 aliphatic rings. The second kappa shape index (κ2) is 6.54. The average Bonchev–Trinajstić information content (AvgIpc) is 2.98. The van der Waals surface area contributed by atoms with Gasteiger partial charge in [-0.15, -0.1) is 0 Å². The van der Waals surface area contributed by atoms with Gasteiger partial charge in [0.25, 0.3) is 5.91 Å². The van der Waals surface area contributed by atoms with Gasteiger partial charge in [0.1, 0.15) is 0 Å². The quantitative estimate of drug-likeness (QED) is 0.688. The van der Waals surface area contributed by atoms with Crippen molar-refractivity contribution in [3.63, 3.8) is 0 Å². The average molecular weight is 322 g/mol. The van der Waals surface area contributed by atoms with Gasteiger partial charge in [0.05, 0.1) is 5.52 Å².